The SMILES string of the molecule is COc1ccc(Cl)cc1NC(=O)Cn1c(C)nc2sc(-c3ccccc3)cc2c1=O. The van der Waals surface area contributed by atoms with Gasteiger partial charge in [-0.05, 0) is 36.8 Å². The number of aromatic nitrogens is 2. The first-order chi connectivity index (χ1) is 14.5. The molecule has 30 heavy (non-hydrogen) atoms. The molecular weight excluding hydrogens is 422 g/mol. The van der Waals surface area contributed by atoms with Gasteiger partial charge in [-0.2, -0.15) is 0 Å². The van der Waals surface area contributed by atoms with E-state index < -0.39 is 0 Å². The highest BCUT2D eigenvalue weighted by atomic mass is 35.5. The van der Waals surface area contributed by atoms with Crippen molar-refractivity contribution in [1.29, 1.82) is 0 Å². The number of amides is 1. The highest BCUT2D eigenvalue weighted by Crippen LogP contribution is 2.31. The lowest BCUT2D eigenvalue weighted by Crippen LogP contribution is -2.30. The molecule has 0 saturated carbocycles. The Morgan fingerprint density at radius 3 is 2.70 bits per heavy atom. The highest BCUT2D eigenvalue weighted by Gasteiger charge is 2.16. The molecule has 2 aromatic heterocycles. The number of rotatable bonds is 5. The van der Waals surface area contributed by atoms with Gasteiger partial charge in [-0.25, -0.2) is 4.98 Å². The molecule has 6 nitrogen and oxygen atoms in total. The van der Waals surface area contributed by atoms with Crippen LogP contribution in [0.2, 0.25) is 5.02 Å². The van der Waals surface area contributed by atoms with Gasteiger partial charge in [-0.1, -0.05) is 41.9 Å². The highest BCUT2D eigenvalue weighted by molar-refractivity contribution is 7.21. The summed E-state index contributed by atoms with van der Waals surface area (Å²) in [7, 11) is 1.51. The van der Waals surface area contributed by atoms with Crippen LogP contribution in [0.3, 0.4) is 0 Å². The van der Waals surface area contributed by atoms with E-state index in [9.17, 15) is 9.59 Å². The van der Waals surface area contributed by atoms with Gasteiger partial charge in [0.25, 0.3) is 5.56 Å². The summed E-state index contributed by atoms with van der Waals surface area (Å²) < 4.78 is 6.62. The Morgan fingerprint density at radius 2 is 1.97 bits per heavy atom. The fraction of sp³-hybridized carbons (Fsp3) is 0.136. The van der Waals surface area contributed by atoms with E-state index in [1.54, 1.807) is 25.1 Å². The van der Waals surface area contributed by atoms with Crippen LogP contribution >= 0.6 is 22.9 Å². The summed E-state index contributed by atoms with van der Waals surface area (Å²) in [5.74, 6) is 0.582. The van der Waals surface area contributed by atoms with E-state index in [-0.39, 0.29) is 18.0 Å². The largest absolute Gasteiger partial charge is 0.495 e. The number of thiophene rings is 1. The number of nitrogens with one attached hydrogen (secondary N) is 1. The maximum atomic E-state index is 13.1. The van der Waals surface area contributed by atoms with Crippen LogP contribution in [0, 0.1) is 6.92 Å². The molecule has 8 heteroatoms. The van der Waals surface area contributed by atoms with Crippen LogP contribution in [-0.4, -0.2) is 22.6 Å². The van der Waals surface area contributed by atoms with Gasteiger partial charge in [0.2, 0.25) is 5.91 Å². The minimum atomic E-state index is -0.375. The number of fused-ring (bicyclic) bond motifs is 1. The standard InChI is InChI=1S/C22H18ClN3O3S/c1-13-24-21-16(11-19(30-21)14-6-4-3-5-7-14)22(28)26(13)12-20(27)25-17-10-15(23)8-9-18(17)29-2/h3-11H,12H2,1-2H3,(H,25,27). The average molecular weight is 440 g/mol. The second-order valence-electron chi connectivity index (χ2n) is 6.64. The first-order valence-corrected chi connectivity index (χ1v) is 10.4. The molecule has 1 N–H and O–H groups in total. The zero-order chi connectivity index (χ0) is 21.3. The molecule has 0 aliphatic carbocycles. The normalized spacial score (nSPS) is 10.9. The van der Waals surface area contributed by atoms with Gasteiger partial charge in [0, 0.05) is 9.90 Å². The van der Waals surface area contributed by atoms with Crippen molar-refractivity contribution in [3.63, 3.8) is 0 Å². The van der Waals surface area contributed by atoms with Gasteiger partial charge < -0.3 is 10.1 Å². The Labute approximate surface area is 181 Å². The zero-order valence-electron chi connectivity index (χ0n) is 16.3. The minimum absolute atomic E-state index is 0.167. The molecule has 0 unspecified atom stereocenters. The molecule has 2 heterocycles. The molecule has 0 radical (unpaired) electrons. The van der Waals surface area contributed by atoms with Gasteiger partial charge in [-0.3, -0.25) is 14.2 Å². The Bertz CT molecular complexity index is 1300. The number of carbonyl (C=O) groups excluding carboxylic acids is 1. The predicted octanol–water partition coefficient (Wildman–Crippen LogP) is 4.73. The van der Waals surface area contributed by atoms with Crippen molar-refractivity contribution in [2.24, 2.45) is 0 Å². The molecule has 0 atom stereocenters. The van der Waals surface area contributed by atoms with Crippen LogP contribution in [0.5, 0.6) is 5.75 Å². The lowest BCUT2D eigenvalue weighted by Gasteiger charge is -2.12. The second-order valence-corrected chi connectivity index (χ2v) is 8.11. The van der Waals surface area contributed by atoms with Gasteiger partial charge in [0.1, 0.15) is 22.9 Å². The molecule has 4 rings (SSSR count). The number of anilines is 1. The molecular formula is C22H18ClN3O3S. The number of aryl methyl sites for hydroxylation is 1. The molecule has 0 spiro atoms. The first-order valence-electron chi connectivity index (χ1n) is 9.16. The third kappa shape index (κ3) is 3.94. The first kappa shape index (κ1) is 20.1. The molecule has 4 aromatic rings. The quantitative estimate of drug-likeness (QED) is 0.487. The van der Waals surface area contributed by atoms with E-state index in [1.807, 2.05) is 36.4 Å². The maximum absolute atomic E-state index is 13.1. The molecule has 0 aliphatic heterocycles. The van der Waals surface area contributed by atoms with Crippen molar-refractivity contribution in [2.45, 2.75) is 13.5 Å². The molecule has 0 aliphatic rings. The molecule has 0 saturated heterocycles. The van der Waals surface area contributed by atoms with Crippen LogP contribution in [-0.2, 0) is 11.3 Å². The Balaban J connectivity index is 1.65. The smallest absolute Gasteiger partial charge is 0.262 e. The zero-order valence-corrected chi connectivity index (χ0v) is 17.9. The number of hydrogen-bond donors (Lipinski definition) is 1. The van der Waals surface area contributed by atoms with Crippen LogP contribution in [0.4, 0.5) is 5.69 Å². The lowest BCUT2D eigenvalue weighted by atomic mass is 10.2. The van der Waals surface area contributed by atoms with Gasteiger partial charge >= 0.3 is 0 Å². The number of ether oxygens (including phenoxy) is 1. The van der Waals surface area contributed by atoms with E-state index >= 15 is 0 Å². The summed E-state index contributed by atoms with van der Waals surface area (Å²) in [6.45, 7) is 1.55. The Morgan fingerprint density at radius 1 is 1.20 bits per heavy atom. The van der Waals surface area contributed by atoms with E-state index in [0.29, 0.717) is 32.5 Å². The second kappa shape index (κ2) is 8.30. The number of halogens is 1. The average Bonchev–Trinajstić information content (AvgIpc) is 3.16. The summed E-state index contributed by atoms with van der Waals surface area (Å²) in [5.41, 5.74) is 1.22. The third-order valence-electron chi connectivity index (χ3n) is 4.64. The molecule has 2 aromatic carbocycles. The van der Waals surface area contributed by atoms with Gasteiger partial charge in [0.15, 0.2) is 0 Å². The summed E-state index contributed by atoms with van der Waals surface area (Å²) in [4.78, 5) is 31.9. The van der Waals surface area contributed by atoms with E-state index in [4.69, 9.17) is 16.3 Å². The van der Waals surface area contributed by atoms with Crippen molar-refractivity contribution in [3.8, 4) is 16.2 Å². The van der Waals surface area contributed by atoms with Crippen molar-refractivity contribution in [3.05, 3.63) is 75.8 Å². The van der Waals surface area contributed by atoms with Gasteiger partial charge in [0.05, 0.1) is 18.2 Å². The Hall–Kier alpha value is -3.16. The monoisotopic (exact) mass is 439 g/mol. The van der Waals surface area contributed by atoms with Crippen LogP contribution < -0.4 is 15.6 Å². The molecule has 0 bridgehead atoms. The summed E-state index contributed by atoms with van der Waals surface area (Å²) in [6, 6.07) is 16.6. The van der Waals surface area contributed by atoms with Crippen molar-refractivity contribution in [2.75, 3.05) is 12.4 Å². The summed E-state index contributed by atoms with van der Waals surface area (Å²) >= 11 is 7.47. The number of methoxy groups -OCH3 is 1. The number of hydrogen-bond acceptors (Lipinski definition) is 5. The summed E-state index contributed by atoms with van der Waals surface area (Å²) in [5, 5.41) is 3.72. The van der Waals surface area contributed by atoms with E-state index in [1.165, 1.54) is 23.0 Å². The number of carbonyl (C=O) groups is 1. The lowest BCUT2D eigenvalue weighted by molar-refractivity contribution is -0.116. The number of benzene rings is 2. The fourth-order valence-electron chi connectivity index (χ4n) is 3.16. The maximum Gasteiger partial charge on any atom is 0.262 e. The Kier molecular flexibility index (Phi) is 5.57. The van der Waals surface area contributed by atoms with E-state index in [0.717, 1.165) is 10.4 Å². The van der Waals surface area contributed by atoms with Crippen molar-refractivity contribution in [1.82, 2.24) is 9.55 Å². The fourth-order valence-corrected chi connectivity index (χ4v) is 4.40. The molecule has 152 valence electrons. The molecule has 0 fully saturated rings. The van der Waals surface area contributed by atoms with Gasteiger partial charge in [-0.15, -0.1) is 11.3 Å². The third-order valence-corrected chi connectivity index (χ3v) is 5.95. The predicted molar refractivity (Wildman–Crippen MR) is 121 cm³/mol. The van der Waals surface area contributed by atoms with E-state index in [2.05, 4.69) is 10.3 Å². The van der Waals surface area contributed by atoms with Crippen molar-refractivity contribution < 1.29 is 9.53 Å². The van der Waals surface area contributed by atoms with Crippen LogP contribution in [0.15, 0.2) is 59.4 Å². The molecule has 1 amide bonds. The summed E-state index contributed by atoms with van der Waals surface area (Å²) in [6.07, 6.45) is 0. The minimum Gasteiger partial charge on any atom is -0.495 e. The van der Waals surface area contributed by atoms with Crippen LogP contribution in [0.25, 0.3) is 20.7 Å². The number of nitrogens with zero attached hydrogens (tertiary/aromatic N) is 2. The topological polar surface area (TPSA) is 73.2 Å². The van der Waals surface area contributed by atoms with Crippen LogP contribution in [0.1, 0.15) is 5.82 Å². The van der Waals surface area contributed by atoms with Crippen molar-refractivity contribution >= 4 is 44.7 Å².